The average Bonchev–Trinajstić information content (AvgIpc) is 3.08. The zero-order valence-electron chi connectivity index (χ0n) is 13.8. The Kier molecular flexibility index (Phi) is 4.55. The van der Waals surface area contributed by atoms with Crippen molar-refractivity contribution in [3.8, 4) is 22.6 Å². The van der Waals surface area contributed by atoms with Crippen molar-refractivity contribution >= 4 is 15.6 Å². The first-order chi connectivity index (χ1) is 11.9. The number of oxazole rings is 1. The highest BCUT2D eigenvalue weighted by Gasteiger charge is 2.33. The molecule has 0 aliphatic rings. The number of nitrogens with zero attached hydrogens (tertiary/aromatic N) is 1. The molecule has 0 bridgehead atoms. The van der Waals surface area contributed by atoms with Crippen molar-refractivity contribution in [1.29, 1.82) is 0 Å². The summed E-state index contributed by atoms with van der Waals surface area (Å²) in [5.74, 6) is -0.0955. The highest BCUT2D eigenvalue weighted by Crippen LogP contribution is 2.34. The fraction of sp³-hybridized carbons (Fsp3) is 0.158. The monoisotopic (exact) mass is 355 g/mol. The van der Waals surface area contributed by atoms with Crippen molar-refractivity contribution in [3.63, 3.8) is 0 Å². The summed E-state index contributed by atoms with van der Waals surface area (Å²) in [6.45, 7) is 2.58. The normalized spacial score (nSPS) is 12.7. The van der Waals surface area contributed by atoms with Gasteiger partial charge < -0.3 is 4.42 Å². The van der Waals surface area contributed by atoms with E-state index in [0.717, 1.165) is 5.56 Å². The van der Waals surface area contributed by atoms with Gasteiger partial charge in [-0.2, -0.15) is 4.98 Å². The fourth-order valence-electron chi connectivity index (χ4n) is 2.37. The van der Waals surface area contributed by atoms with Gasteiger partial charge in [-0.15, -0.1) is 0 Å². The largest absolute Gasteiger partial charge is 0.427 e. The maximum absolute atomic E-state index is 12.6. The summed E-state index contributed by atoms with van der Waals surface area (Å²) in [5.41, 5.74) is 1.88. The standard InChI is InChI=1S/C19H17NO4S/c1-13(21)14(2)25(22,23)19-20-17(15-9-5-3-6-10-15)18(24-19)16-11-7-4-8-12-16/h3-12,14H,1-2H3. The van der Waals surface area contributed by atoms with Gasteiger partial charge in [0.25, 0.3) is 0 Å². The van der Waals surface area contributed by atoms with Crippen molar-refractivity contribution in [3.05, 3.63) is 60.7 Å². The van der Waals surface area contributed by atoms with Crippen molar-refractivity contribution in [2.45, 2.75) is 24.3 Å². The summed E-state index contributed by atoms with van der Waals surface area (Å²) in [6.07, 6.45) is 0. The number of aromatic nitrogens is 1. The second-order valence-corrected chi connectivity index (χ2v) is 7.83. The van der Waals surface area contributed by atoms with E-state index in [1.54, 1.807) is 0 Å². The molecule has 25 heavy (non-hydrogen) atoms. The molecule has 2 aromatic carbocycles. The molecule has 0 aliphatic heterocycles. The Morgan fingerprint density at radius 2 is 1.48 bits per heavy atom. The van der Waals surface area contributed by atoms with Gasteiger partial charge in [0.05, 0.1) is 0 Å². The molecule has 1 atom stereocenters. The van der Waals surface area contributed by atoms with Crippen molar-refractivity contribution in [1.82, 2.24) is 4.98 Å². The summed E-state index contributed by atoms with van der Waals surface area (Å²) < 4.78 is 30.9. The van der Waals surface area contributed by atoms with Crippen LogP contribution in [0.3, 0.4) is 0 Å². The van der Waals surface area contributed by atoms with E-state index >= 15 is 0 Å². The van der Waals surface area contributed by atoms with Crippen LogP contribution in [-0.4, -0.2) is 24.4 Å². The van der Waals surface area contributed by atoms with Gasteiger partial charge in [0.2, 0.25) is 9.84 Å². The molecule has 3 aromatic rings. The number of benzene rings is 2. The SMILES string of the molecule is CC(=O)C(C)S(=O)(=O)c1nc(-c2ccccc2)c(-c2ccccc2)o1. The van der Waals surface area contributed by atoms with Gasteiger partial charge >= 0.3 is 5.22 Å². The second-order valence-electron chi connectivity index (χ2n) is 5.69. The number of Topliss-reactive ketones (excluding diaryl/α,β-unsaturated/α-hetero) is 1. The van der Waals surface area contributed by atoms with Crippen LogP contribution in [0.25, 0.3) is 22.6 Å². The molecule has 0 saturated carbocycles. The van der Waals surface area contributed by atoms with Crippen LogP contribution < -0.4 is 0 Å². The third-order valence-corrected chi connectivity index (χ3v) is 5.90. The van der Waals surface area contributed by atoms with E-state index in [1.165, 1.54) is 13.8 Å². The van der Waals surface area contributed by atoms with Crippen LogP contribution in [-0.2, 0) is 14.6 Å². The Labute approximate surface area is 146 Å². The first-order valence-corrected chi connectivity index (χ1v) is 9.32. The topological polar surface area (TPSA) is 77.2 Å². The minimum atomic E-state index is -3.98. The minimum Gasteiger partial charge on any atom is -0.427 e. The van der Waals surface area contributed by atoms with Gasteiger partial charge in [0, 0.05) is 11.1 Å². The van der Waals surface area contributed by atoms with E-state index < -0.39 is 26.1 Å². The van der Waals surface area contributed by atoms with Crippen LogP contribution in [0, 0.1) is 0 Å². The summed E-state index contributed by atoms with van der Waals surface area (Å²) in [5, 5.41) is -1.65. The van der Waals surface area contributed by atoms with Gasteiger partial charge in [-0.05, 0) is 13.8 Å². The lowest BCUT2D eigenvalue weighted by atomic mass is 10.1. The summed E-state index contributed by atoms with van der Waals surface area (Å²) >= 11 is 0. The van der Waals surface area contributed by atoms with Crippen LogP contribution >= 0.6 is 0 Å². The lowest BCUT2D eigenvalue weighted by Gasteiger charge is -2.05. The van der Waals surface area contributed by atoms with Crippen molar-refractivity contribution in [2.75, 3.05) is 0 Å². The molecule has 1 heterocycles. The third kappa shape index (κ3) is 3.25. The minimum absolute atomic E-state index is 0.362. The quantitative estimate of drug-likeness (QED) is 0.696. The van der Waals surface area contributed by atoms with E-state index in [1.807, 2.05) is 60.7 Å². The Balaban J connectivity index is 2.22. The molecule has 0 radical (unpaired) electrons. The number of carbonyl (C=O) groups excluding carboxylic acids is 1. The third-order valence-electron chi connectivity index (χ3n) is 3.97. The average molecular weight is 355 g/mol. The maximum atomic E-state index is 12.6. The molecule has 0 aliphatic carbocycles. The van der Waals surface area contributed by atoms with Crippen LogP contribution in [0.4, 0.5) is 0 Å². The number of hydrogen-bond acceptors (Lipinski definition) is 5. The van der Waals surface area contributed by atoms with E-state index in [2.05, 4.69) is 4.98 Å². The molecule has 0 saturated heterocycles. The number of rotatable bonds is 5. The van der Waals surface area contributed by atoms with Gasteiger partial charge in [-0.1, -0.05) is 60.7 Å². The smallest absolute Gasteiger partial charge is 0.316 e. The highest BCUT2D eigenvalue weighted by atomic mass is 32.2. The molecule has 0 spiro atoms. The van der Waals surface area contributed by atoms with Crippen molar-refractivity contribution in [2.24, 2.45) is 0 Å². The highest BCUT2D eigenvalue weighted by molar-refractivity contribution is 7.92. The number of hydrogen-bond donors (Lipinski definition) is 0. The molecular formula is C19H17NO4S. The summed E-state index contributed by atoms with van der Waals surface area (Å²) in [7, 11) is -3.98. The van der Waals surface area contributed by atoms with Crippen molar-refractivity contribution < 1.29 is 17.6 Å². The summed E-state index contributed by atoms with van der Waals surface area (Å²) in [6, 6.07) is 18.4. The van der Waals surface area contributed by atoms with Gasteiger partial charge in [0.15, 0.2) is 5.76 Å². The Bertz CT molecular complexity index is 935. The van der Waals surface area contributed by atoms with Crippen LogP contribution in [0.15, 0.2) is 70.3 Å². The number of ketones is 1. The molecule has 0 amide bonds. The molecule has 6 heteroatoms. The summed E-state index contributed by atoms with van der Waals surface area (Å²) in [4.78, 5) is 15.8. The van der Waals surface area contributed by atoms with E-state index in [9.17, 15) is 13.2 Å². The predicted molar refractivity (Wildman–Crippen MR) is 94.7 cm³/mol. The zero-order chi connectivity index (χ0) is 18.0. The maximum Gasteiger partial charge on any atom is 0.316 e. The van der Waals surface area contributed by atoms with Gasteiger partial charge in [-0.3, -0.25) is 4.79 Å². The first-order valence-electron chi connectivity index (χ1n) is 7.77. The van der Waals surface area contributed by atoms with Crippen LogP contribution in [0.2, 0.25) is 0 Å². The van der Waals surface area contributed by atoms with Crippen LogP contribution in [0.5, 0.6) is 0 Å². The first kappa shape index (κ1) is 17.1. The van der Waals surface area contributed by atoms with E-state index in [4.69, 9.17) is 4.42 Å². The molecule has 0 fully saturated rings. The van der Waals surface area contributed by atoms with Gasteiger partial charge in [-0.25, -0.2) is 8.42 Å². The van der Waals surface area contributed by atoms with Crippen LogP contribution in [0.1, 0.15) is 13.8 Å². The molecule has 1 aromatic heterocycles. The van der Waals surface area contributed by atoms with Gasteiger partial charge in [0.1, 0.15) is 16.7 Å². The second kappa shape index (κ2) is 6.64. The molecule has 5 nitrogen and oxygen atoms in total. The Hall–Kier alpha value is -2.73. The number of carbonyl (C=O) groups is 1. The molecule has 0 N–H and O–H groups in total. The molecular weight excluding hydrogens is 338 g/mol. The fourth-order valence-corrected chi connectivity index (χ4v) is 3.53. The predicted octanol–water partition coefficient (Wildman–Crippen LogP) is 3.76. The number of sulfone groups is 1. The lowest BCUT2D eigenvalue weighted by molar-refractivity contribution is -0.116. The lowest BCUT2D eigenvalue weighted by Crippen LogP contribution is -2.25. The molecule has 1 unspecified atom stereocenters. The zero-order valence-corrected chi connectivity index (χ0v) is 14.7. The molecule has 128 valence electrons. The van der Waals surface area contributed by atoms with E-state index in [0.29, 0.717) is 17.0 Å². The van der Waals surface area contributed by atoms with E-state index in [-0.39, 0.29) is 0 Å². The Morgan fingerprint density at radius 1 is 0.960 bits per heavy atom. The molecule has 3 rings (SSSR count). The Morgan fingerprint density at radius 3 is 2.00 bits per heavy atom.